The number of carboxylic acid groups (broad SMARTS) is 1. The molecule has 0 aliphatic heterocycles. The molecular weight excluding hydrogens is 522 g/mol. The van der Waals surface area contributed by atoms with Gasteiger partial charge in [0.1, 0.15) is 17.2 Å². The van der Waals surface area contributed by atoms with E-state index in [1.54, 1.807) is 30.5 Å². The number of amides is 1. The number of anilines is 2. The maximum absolute atomic E-state index is 13.4. The third-order valence-electron chi connectivity index (χ3n) is 7.87. The SMILES string of the molecule is Cc1cccc(C)c1Nc1c(-c2cccc([N+](=O)[O-])c2)nc2cc(C(=O)NC(CC(=O)O)C3CCCCC3)ccn12. The summed E-state index contributed by atoms with van der Waals surface area (Å²) in [5.41, 5.74) is 4.78. The van der Waals surface area contributed by atoms with Gasteiger partial charge < -0.3 is 15.7 Å². The molecule has 3 N–H and O–H groups in total. The number of carboxylic acids is 1. The highest BCUT2D eigenvalue weighted by atomic mass is 16.6. The van der Waals surface area contributed by atoms with Crippen LogP contribution in [-0.2, 0) is 4.79 Å². The van der Waals surface area contributed by atoms with E-state index in [0.29, 0.717) is 28.3 Å². The molecule has 1 atom stereocenters. The fraction of sp³-hybridized carbons (Fsp3) is 0.323. The van der Waals surface area contributed by atoms with Gasteiger partial charge in [-0.1, -0.05) is 49.6 Å². The van der Waals surface area contributed by atoms with Crippen molar-refractivity contribution in [1.82, 2.24) is 14.7 Å². The molecule has 41 heavy (non-hydrogen) atoms. The van der Waals surface area contributed by atoms with Gasteiger partial charge in [-0.25, -0.2) is 4.98 Å². The number of aryl methyl sites for hydroxylation is 2. The molecule has 5 rings (SSSR count). The Balaban J connectivity index is 1.54. The summed E-state index contributed by atoms with van der Waals surface area (Å²) in [6.45, 7) is 3.99. The number of fused-ring (bicyclic) bond motifs is 1. The first-order valence-corrected chi connectivity index (χ1v) is 13.8. The summed E-state index contributed by atoms with van der Waals surface area (Å²) in [5, 5.41) is 27.4. The summed E-state index contributed by atoms with van der Waals surface area (Å²) in [7, 11) is 0. The molecule has 0 saturated heterocycles. The average molecular weight is 556 g/mol. The van der Waals surface area contributed by atoms with E-state index < -0.39 is 16.9 Å². The van der Waals surface area contributed by atoms with Gasteiger partial charge in [0.2, 0.25) is 0 Å². The van der Waals surface area contributed by atoms with Gasteiger partial charge in [-0.3, -0.25) is 24.1 Å². The van der Waals surface area contributed by atoms with Gasteiger partial charge in [-0.2, -0.15) is 0 Å². The number of hydrogen-bond donors (Lipinski definition) is 3. The normalized spacial score (nSPS) is 14.5. The lowest BCUT2D eigenvalue weighted by Gasteiger charge is -2.30. The number of benzene rings is 2. The van der Waals surface area contributed by atoms with Crippen LogP contribution in [-0.4, -0.2) is 37.3 Å². The van der Waals surface area contributed by atoms with Crippen molar-refractivity contribution in [2.75, 3.05) is 5.32 Å². The number of carbonyl (C=O) groups is 2. The van der Waals surface area contributed by atoms with Crippen LogP contribution in [0, 0.1) is 29.9 Å². The van der Waals surface area contributed by atoms with Crippen molar-refractivity contribution in [1.29, 1.82) is 0 Å². The average Bonchev–Trinajstić information content (AvgIpc) is 3.32. The number of carbonyl (C=O) groups excluding carboxylic acids is 1. The minimum atomic E-state index is -0.937. The largest absolute Gasteiger partial charge is 0.481 e. The summed E-state index contributed by atoms with van der Waals surface area (Å²) >= 11 is 0. The molecule has 0 spiro atoms. The van der Waals surface area contributed by atoms with Crippen LogP contribution in [0.4, 0.5) is 17.2 Å². The molecule has 1 amide bonds. The monoisotopic (exact) mass is 555 g/mol. The zero-order valence-electron chi connectivity index (χ0n) is 23.1. The lowest BCUT2D eigenvalue weighted by molar-refractivity contribution is -0.384. The van der Waals surface area contributed by atoms with Crippen molar-refractivity contribution in [3.63, 3.8) is 0 Å². The molecule has 10 nitrogen and oxygen atoms in total. The molecule has 1 fully saturated rings. The van der Waals surface area contributed by atoms with E-state index >= 15 is 0 Å². The molecule has 1 aliphatic carbocycles. The molecule has 212 valence electrons. The van der Waals surface area contributed by atoms with Crippen LogP contribution in [0.15, 0.2) is 60.8 Å². The minimum Gasteiger partial charge on any atom is -0.481 e. The lowest BCUT2D eigenvalue weighted by Crippen LogP contribution is -2.42. The van der Waals surface area contributed by atoms with Crippen molar-refractivity contribution >= 4 is 34.7 Å². The zero-order valence-corrected chi connectivity index (χ0v) is 23.1. The van der Waals surface area contributed by atoms with Gasteiger partial charge in [-0.15, -0.1) is 0 Å². The van der Waals surface area contributed by atoms with Gasteiger partial charge in [0.25, 0.3) is 11.6 Å². The number of aromatic nitrogens is 2. The molecule has 0 radical (unpaired) electrons. The quantitative estimate of drug-likeness (QED) is 0.160. The Hall–Kier alpha value is -4.73. The lowest BCUT2D eigenvalue weighted by atomic mass is 9.82. The van der Waals surface area contributed by atoms with E-state index in [4.69, 9.17) is 4.98 Å². The number of non-ortho nitro benzene ring substituents is 1. The fourth-order valence-corrected chi connectivity index (χ4v) is 5.72. The third-order valence-corrected chi connectivity index (χ3v) is 7.87. The van der Waals surface area contributed by atoms with E-state index in [1.165, 1.54) is 12.1 Å². The Kier molecular flexibility index (Phi) is 8.00. The van der Waals surface area contributed by atoms with Gasteiger partial charge in [0.15, 0.2) is 0 Å². The molecule has 10 heteroatoms. The minimum absolute atomic E-state index is 0.0511. The summed E-state index contributed by atoms with van der Waals surface area (Å²) in [4.78, 5) is 40.8. The second-order valence-electron chi connectivity index (χ2n) is 10.7. The van der Waals surface area contributed by atoms with E-state index in [9.17, 15) is 24.8 Å². The van der Waals surface area contributed by atoms with Crippen LogP contribution in [0.2, 0.25) is 0 Å². The Morgan fingerprint density at radius 3 is 2.46 bits per heavy atom. The molecule has 4 aromatic rings. The Labute approximate surface area is 237 Å². The Morgan fingerprint density at radius 1 is 1.07 bits per heavy atom. The van der Waals surface area contributed by atoms with Crippen LogP contribution in [0.1, 0.15) is 60.0 Å². The number of nitro benzene ring substituents is 1. The number of nitrogens with one attached hydrogen (secondary N) is 2. The maximum atomic E-state index is 13.4. The number of nitrogens with zero attached hydrogens (tertiary/aromatic N) is 3. The smallest absolute Gasteiger partial charge is 0.305 e. The van der Waals surface area contributed by atoms with Gasteiger partial charge in [0.05, 0.1) is 11.3 Å². The molecule has 2 aromatic carbocycles. The van der Waals surface area contributed by atoms with Crippen molar-refractivity contribution in [2.45, 2.75) is 58.4 Å². The molecule has 0 bridgehead atoms. The summed E-state index contributed by atoms with van der Waals surface area (Å²) < 4.78 is 1.81. The number of para-hydroxylation sites is 1. The van der Waals surface area contributed by atoms with Crippen LogP contribution < -0.4 is 10.6 Å². The van der Waals surface area contributed by atoms with Gasteiger partial charge in [0, 0.05) is 41.2 Å². The van der Waals surface area contributed by atoms with Crippen LogP contribution in [0.25, 0.3) is 16.9 Å². The Bertz CT molecular complexity index is 1600. The molecule has 2 aromatic heterocycles. The highest BCUT2D eigenvalue weighted by Crippen LogP contribution is 2.35. The third kappa shape index (κ3) is 6.06. The highest BCUT2D eigenvalue weighted by Gasteiger charge is 2.28. The fourth-order valence-electron chi connectivity index (χ4n) is 5.72. The topological polar surface area (TPSA) is 139 Å². The second kappa shape index (κ2) is 11.8. The number of rotatable bonds is 9. The van der Waals surface area contributed by atoms with E-state index in [1.807, 2.05) is 36.4 Å². The van der Waals surface area contributed by atoms with Crippen LogP contribution in [0.5, 0.6) is 0 Å². The van der Waals surface area contributed by atoms with Crippen molar-refractivity contribution < 1.29 is 19.6 Å². The number of pyridine rings is 1. The van der Waals surface area contributed by atoms with Crippen molar-refractivity contribution in [2.24, 2.45) is 5.92 Å². The second-order valence-corrected chi connectivity index (χ2v) is 10.7. The van der Waals surface area contributed by atoms with E-state index in [0.717, 1.165) is 48.9 Å². The summed E-state index contributed by atoms with van der Waals surface area (Å²) in [6, 6.07) is 15.1. The predicted molar refractivity (Wildman–Crippen MR) is 157 cm³/mol. The predicted octanol–water partition coefficient (Wildman–Crippen LogP) is 6.42. The molecule has 1 saturated carbocycles. The molecule has 1 unspecified atom stereocenters. The van der Waals surface area contributed by atoms with Crippen LogP contribution in [0.3, 0.4) is 0 Å². The number of hydrogen-bond acceptors (Lipinski definition) is 6. The molecule has 2 heterocycles. The Morgan fingerprint density at radius 2 is 1.78 bits per heavy atom. The first kappa shape index (κ1) is 27.8. The first-order chi connectivity index (χ1) is 19.7. The number of aliphatic carboxylic acids is 1. The van der Waals surface area contributed by atoms with E-state index in [2.05, 4.69) is 10.6 Å². The summed E-state index contributed by atoms with van der Waals surface area (Å²) in [5.74, 6) is -0.551. The van der Waals surface area contributed by atoms with Crippen molar-refractivity contribution in [3.05, 3.63) is 87.6 Å². The first-order valence-electron chi connectivity index (χ1n) is 13.8. The van der Waals surface area contributed by atoms with Gasteiger partial charge in [-0.05, 0) is 55.9 Å². The highest BCUT2D eigenvalue weighted by molar-refractivity contribution is 5.96. The van der Waals surface area contributed by atoms with Crippen molar-refractivity contribution in [3.8, 4) is 11.3 Å². The summed E-state index contributed by atoms with van der Waals surface area (Å²) in [6.07, 6.45) is 6.62. The maximum Gasteiger partial charge on any atom is 0.305 e. The number of imidazole rings is 1. The van der Waals surface area contributed by atoms with Crippen LogP contribution >= 0.6 is 0 Å². The van der Waals surface area contributed by atoms with Gasteiger partial charge >= 0.3 is 5.97 Å². The molecule has 1 aliphatic rings. The number of nitro groups is 1. The molecular formula is C31H33N5O5. The van der Waals surface area contributed by atoms with E-state index in [-0.39, 0.29) is 23.9 Å². The zero-order chi connectivity index (χ0) is 29.1. The standard InChI is InChI=1S/C31H33N5O5/c1-19-8-6-9-20(2)28(19)34-30-29(22-12-7-13-24(16-22)36(40)41)33-26-17-23(14-15-35(26)30)31(39)32-25(18-27(37)38)21-10-4-3-5-11-21/h6-9,12-17,21,25,34H,3-5,10-11,18H2,1-2H3,(H,32,39)(H,37,38).